The minimum atomic E-state index is -0.578. The molecule has 2 aromatic carbocycles. The van der Waals surface area contributed by atoms with Gasteiger partial charge in [0.25, 0.3) is 0 Å². The zero-order chi connectivity index (χ0) is 14.5. The predicted molar refractivity (Wildman–Crippen MR) is 87.1 cm³/mol. The lowest BCUT2D eigenvalue weighted by Gasteiger charge is -2.09. The third-order valence-electron chi connectivity index (χ3n) is 2.46. The first-order chi connectivity index (χ1) is 9.56. The highest BCUT2D eigenvalue weighted by molar-refractivity contribution is 14.1. The molecule has 0 aliphatic carbocycles. The number of rotatable bonds is 3. The van der Waals surface area contributed by atoms with Gasteiger partial charge in [-0.3, -0.25) is 5.32 Å². The zero-order valence-electron chi connectivity index (χ0n) is 10.2. The first kappa shape index (κ1) is 15.2. The van der Waals surface area contributed by atoms with Crippen LogP contribution in [0.25, 0.3) is 0 Å². The van der Waals surface area contributed by atoms with Gasteiger partial charge in [-0.05, 0) is 56.2 Å². The van der Waals surface area contributed by atoms with E-state index in [2.05, 4.69) is 21.2 Å². The van der Waals surface area contributed by atoms with Crippen LogP contribution in [-0.2, 0) is 11.3 Å². The number of anilines is 1. The Morgan fingerprint density at radius 2 is 2.00 bits per heavy atom. The molecule has 1 amide bonds. The Bertz CT molecular complexity index is 622. The van der Waals surface area contributed by atoms with E-state index in [1.54, 1.807) is 0 Å². The summed E-state index contributed by atoms with van der Waals surface area (Å²) in [6.45, 7) is 0.186. The molecule has 0 heterocycles. The molecule has 0 aliphatic heterocycles. The monoisotopic (exact) mass is 449 g/mol. The van der Waals surface area contributed by atoms with Gasteiger partial charge in [0.2, 0.25) is 0 Å². The average Bonchev–Trinajstić information content (AvgIpc) is 2.44. The highest BCUT2D eigenvalue weighted by Gasteiger charge is 2.10. The number of nitrogens with one attached hydrogen (secondary N) is 1. The molecule has 0 aliphatic rings. The summed E-state index contributed by atoms with van der Waals surface area (Å²) in [6, 6.07) is 12.2. The Hall–Kier alpha value is -1.15. The highest BCUT2D eigenvalue weighted by Crippen LogP contribution is 2.26. The van der Waals surface area contributed by atoms with Crippen LogP contribution in [0.4, 0.5) is 14.9 Å². The molecule has 0 radical (unpaired) electrons. The van der Waals surface area contributed by atoms with Crippen molar-refractivity contribution >= 4 is 50.3 Å². The number of benzene rings is 2. The van der Waals surface area contributed by atoms with Gasteiger partial charge in [-0.2, -0.15) is 0 Å². The lowest BCUT2D eigenvalue weighted by Crippen LogP contribution is -2.14. The second-order valence-electron chi connectivity index (χ2n) is 3.93. The first-order valence-corrected chi connectivity index (χ1v) is 7.55. The number of halogens is 3. The minimum Gasteiger partial charge on any atom is -0.444 e. The number of ether oxygens (including phenoxy) is 1. The molecule has 6 heteroatoms. The van der Waals surface area contributed by atoms with Crippen molar-refractivity contribution in [2.45, 2.75) is 6.61 Å². The van der Waals surface area contributed by atoms with E-state index < -0.39 is 6.09 Å². The largest absolute Gasteiger partial charge is 0.444 e. The van der Waals surface area contributed by atoms with Crippen LogP contribution in [0.5, 0.6) is 0 Å². The lowest BCUT2D eigenvalue weighted by molar-refractivity contribution is 0.155. The van der Waals surface area contributed by atoms with Crippen molar-refractivity contribution in [3.63, 3.8) is 0 Å². The molecule has 0 aromatic heterocycles. The fourth-order valence-electron chi connectivity index (χ4n) is 1.49. The van der Waals surface area contributed by atoms with E-state index in [1.807, 2.05) is 52.9 Å². The second-order valence-corrected chi connectivity index (χ2v) is 5.95. The normalized spacial score (nSPS) is 10.2. The maximum atomic E-state index is 13.3. The fourth-order valence-corrected chi connectivity index (χ4v) is 2.39. The quantitative estimate of drug-likeness (QED) is 0.532. The van der Waals surface area contributed by atoms with Gasteiger partial charge in [-0.1, -0.05) is 30.3 Å². The van der Waals surface area contributed by atoms with Crippen LogP contribution in [0.3, 0.4) is 0 Å². The fraction of sp³-hybridized carbons (Fsp3) is 0.0714. The van der Waals surface area contributed by atoms with E-state index in [4.69, 9.17) is 4.74 Å². The maximum Gasteiger partial charge on any atom is 0.411 e. The summed E-state index contributed by atoms with van der Waals surface area (Å²) in [5.41, 5.74) is 1.40. The molecular formula is C14H10BrFINO2. The third-order valence-corrected chi connectivity index (χ3v) is 3.96. The summed E-state index contributed by atoms with van der Waals surface area (Å²) >= 11 is 5.02. The van der Waals surface area contributed by atoms with Crippen molar-refractivity contribution in [3.8, 4) is 0 Å². The summed E-state index contributed by atoms with van der Waals surface area (Å²) in [7, 11) is 0. The number of carbonyl (C=O) groups excluding carboxylic acids is 1. The van der Waals surface area contributed by atoms with E-state index >= 15 is 0 Å². The summed E-state index contributed by atoms with van der Waals surface area (Å²) in [6.07, 6.45) is -0.578. The van der Waals surface area contributed by atoms with Gasteiger partial charge in [-0.15, -0.1) is 0 Å². The van der Waals surface area contributed by atoms with Crippen LogP contribution in [-0.4, -0.2) is 6.09 Å². The van der Waals surface area contributed by atoms with Gasteiger partial charge in [0.1, 0.15) is 12.4 Å². The van der Waals surface area contributed by atoms with Crippen LogP contribution in [0, 0.1) is 9.39 Å². The van der Waals surface area contributed by atoms with Crippen molar-refractivity contribution in [1.82, 2.24) is 0 Å². The maximum absolute atomic E-state index is 13.3. The van der Waals surface area contributed by atoms with E-state index in [9.17, 15) is 9.18 Å². The van der Waals surface area contributed by atoms with Gasteiger partial charge in [0.05, 0.1) is 10.2 Å². The topological polar surface area (TPSA) is 38.3 Å². The summed E-state index contributed by atoms with van der Waals surface area (Å²) in [5, 5.41) is 2.58. The molecule has 0 fully saturated rings. The zero-order valence-corrected chi connectivity index (χ0v) is 13.9. The standard InChI is InChI=1S/C14H10BrFINO2/c15-10-6-13(12(17)7-11(10)16)18-14(19)20-8-9-4-2-1-3-5-9/h1-7H,8H2,(H,18,19). The molecular weight excluding hydrogens is 440 g/mol. The van der Waals surface area contributed by atoms with Crippen LogP contribution >= 0.6 is 38.5 Å². The molecule has 2 aromatic rings. The van der Waals surface area contributed by atoms with E-state index in [1.165, 1.54) is 12.1 Å². The van der Waals surface area contributed by atoms with Crippen LogP contribution in [0.15, 0.2) is 46.9 Å². The Morgan fingerprint density at radius 3 is 2.70 bits per heavy atom. The molecule has 0 unspecified atom stereocenters. The van der Waals surface area contributed by atoms with E-state index in [0.717, 1.165) is 5.56 Å². The molecule has 0 spiro atoms. The number of amides is 1. The first-order valence-electron chi connectivity index (χ1n) is 5.68. The second kappa shape index (κ2) is 7.03. The van der Waals surface area contributed by atoms with Crippen LogP contribution in [0.1, 0.15) is 5.56 Å². The Kier molecular flexibility index (Phi) is 5.36. The van der Waals surface area contributed by atoms with Crippen molar-refractivity contribution in [2.75, 3.05) is 5.32 Å². The molecule has 104 valence electrons. The molecule has 0 atom stereocenters. The summed E-state index contributed by atoms with van der Waals surface area (Å²) < 4.78 is 19.3. The molecule has 0 saturated heterocycles. The Balaban J connectivity index is 1.97. The van der Waals surface area contributed by atoms with Crippen LogP contribution < -0.4 is 5.32 Å². The van der Waals surface area contributed by atoms with Gasteiger partial charge in [0, 0.05) is 3.57 Å². The summed E-state index contributed by atoms with van der Waals surface area (Å²) in [5.74, 6) is -0.377. The van der Waals surface area contributed by atoms with Crippen LogP contribution in [0.2, 0.25) is 0 Å². The molecule has 2 rings (SSSR count). The van der Waals surface area contributed by atoms with Crippen molar-refractivity contribution in [2.24, 2.45) is 0 Å². The highest BCUT2D eigenvalue weighted by atomic mass is 127. The Morgan fingerprint density at radius 1 is 1.30 bits per heavy atom. The third kappa shape index (κ3) is 4.17. The number of hydrogen-bond acceptors (Lipinski definition) is 2. The lowest BCUT2D eigenvalue weighted by atomic mass is 10.2. The molecule has 1 N–H and O–H groups in total. The smallest absolute Gasteiger partial charge is 0.411 e. The van der Waals surface area contributed by atoms with Crippen molar-refractivity contribution in [1.29, 1.82) is 0 Å². The number of carbonyl (C=O) groups is 1. The Labute approximate surface area is 137 Å². The molecule has 20 heavy (non-hydrogen) atoms. The minimum absolute atomic E-state index is 0.186. The van der Waals surface area contributed by atoms with E-state index in [-0.39, 0.29) is 16.9 Å². The molecule has 3 nitrogen and oxygen atoms in total. The van der Waals surface area contributed by atoms with Gasteiger partial charge >= 0.3 is 6.09 Å². The molecule has 0 saturated carbocycles. The average molecular weight is 450 g/mol. The van der Waals surface area contributed by atoms with Gasteiger partial charge in [-0.25, -0.2) is 9.18 Å². The van der Waals surface area contributed by atoms with Gasteiger partial charge in [0.15, 0.2) is 0 Å². The van der Waals surface area contributed by atoms with Crippen molar-refractivity contribution < 1.29 is 13.9 Å². The predicted octanol–water partition coefficient (Wildman–Crippen LogP) is 4.94. The summed E-state index contributed by atoms with van der Waals surface area (Å²) in [4.78, 5) is 11.7. The SMILES string of the molecule is O=C(Nc1cc(Br)c(F)cc1I)OCc1ccccc1. The van der Waals surface area contributed by atoms with Crippen molar-refractivity contribution in [3.05, 3.63) is 61.9 Å². The van der Waals surface area contributed by atoms with E-state index in [0.29, 0.717) is 9.26 Å². The van der Waals surface area contributed by atoms with Gasteiger partial charge < -0.3 is 4.74 Å². The molecule has 0 bridgehead atoms. The number of hydrogen-bond donors (Lipinski definition) is 1.